The fourth-order valence-corrected chi connectivity index (χ4v) is 7.08. The summed E-state index contributed by atoms with van der Waals surface area (Å²) in [7, 11) is 0. The van der Waals surface area contributed by atoms with E-state index in [1.54, 1.807) is 0 Å². The van der Waals surface area contributed by atoms with Gasteiger partial charge in [0.25, 0.3) is 0 Å². The monoisotopic (exact) mass is 302 g/mol. The summed E-state index contributed by atoms with van der Waals surface area (Å²) in [5.41, 5.74) is 1.04. The Labute approximate surface area is 134 Å². The Morgan fingerprint density at radius 1 is 1.05 bits per heavy atom. The number of hydrogen-bond acceptors (Lipinski definition) is 2. The number of aliphatic hydroxyl groups excluding tert-OH is 1. The van der Waals surface area contributed by atoms with Crippen LogP contribution in [0.3, 0.4) is 0 Å². The van der Waals surface area contributed by atoms with E-state index in [1.807, 2.05) is 0 Å². The van der Waals surface area contributed by atoms with Crippen molar-refractivity contribution in [3.63, 3.8) is 0 Å². The summed E-state index contributed by atoms with van der Waals surface area (Å²) in [4.78, 5) is 12.7. The number of hydrogen-bond donors (Lipinski definition) is 1. The highest BCUT2D eigenvalue weighted by molar-refractivity contribution is 6.02. The maximum absolute atomic E-state index is 12.7. The SMILES string of the molecule is CC12CCC3C(CCC4CCCCC43C)C1CC(=CO)C2=O. The van der Waals surface area contributed by atoms with Gasteiger partial charge in [-0.3, -0.25) is 4.79 Å². The summed E-state index contributed by atoms with van der Waals surface area (Å²) in [6.45, 7) is 4.75. The van der Waals surface area contributed by atoms with Gasteiger partial charge in [0, 0.05) is 11.0 Å². The number of Topliss-reactive ketones (excluding diaryl/α,β-unsaturated/α-hetero) is 1. The van der Waals surface area contributed by atoms with Crippen LogP contribution in [0.5, 0.6) is 0 Å². The van der Waals surface area contributed by atoms with Crippen LogP contribution >= 0.6 is 0 Å². The quantitative estimate of drug-likeness (QED) is 0.503. The van der Waals surface area contributed by atoms with Gasteiger partial charge in [0.1, 0.15) is 0 Å². The first-order valence-electron chi connectivity index (χ1n) is 9.39. The topological polar surface area (TPSA) is 37.3 Å². The first-order valence-corrected chi connectivity index (χ1v) is 9.39. The van der Waals surface area contributed by atoms with Gasteiger partial charge in [-0.15, -0.1) is 0 Å². The van der Waals surface area contributed by atoms with Crippen molar-refractivity contribution in [2.45, 2.75) is 71.6 Å². The second-order valence-corrected chi connectivity index (χ2v) is 9.05. The molecule has 0 bridgehead atoms. The van der Waals surface area contributed by atoms with Crippen molar-refractivity contribution in [2.24, 2.45) is 34.5 Å². The largest absolute Gasteiger partial charge is 0.515 e. The van der Waals surface area contributed by atoms with E-state index in [9.17, 15) is 9.90 Å². The Balaban J connectivity index is 1.68. The van der Waals surface area contributed by atoms with E-state index in [4.69, 9.17) is 0 Å². The average Bonchev–Trinajstić information content (AvgIpc) is 2.78. The van der Waals surface area contributed by atoms with Crippen molar-refractivity contribution < 1.29 is 9.90 Å². The Morgan fingerprint density at radius 3 is 2.64 bits per heavy atom. The number of fused-ring (bicyclic) bond motifs is 5. The summed E-state index contributed by atoms with van der Waals surface area (Å²) in [6.07, 6.45) is 12.6. The predicted molar refractivity (Wildman–Crippen MR) is 87.4 cm³/mol. The molecule has 0 heterocycles. The molecule has 2 nitrogen and oxygen atoms in total. The fourth-order valence-electron chi connectivity index (χ4n) is 7.08. The first kappa shape index (κ1) is 14.8. The van der Waals surface area contributed by atoms with Crippen LogP contribution in [0.15, 0.2) is 11.8 Å². The summed E-state index contributed by atoms with van der Waals surface area (Å²) in [5.74, 6) is 3.18. The molecule has 0 aromatic heterocycles. The van der Waals surface area contributed by atoms with Crippen molar-refractivity contribution in [2.75, 3.05) is 0 Å². The molecule has 4 fully saturated rings. The zero-order valence-corrected chi connectivity index (χ0v) is 14.1. The molecule has 0 spiro atoms. The number of carbonyl (C=O) groups excluding carboxylic acids is 1. The molecule has 2 heteroatoms. The van der Waals surface area contributed by atoms with Crippen molar-refractivity contribution in [1.29, 1.82) is 0 Å². The third-order valence-electron chi connectivity index (χ3n) is 8.38. The average molecular weight is 302 g/mol. The molecular weight excluding hydrogens is 272 g/mol. The second kappa shape index (κ2) is 4.85. The van der Waals surface area contributed by atoms with Gasteiger partial charge in [-0.25, -0.2) is 0 Å². The third kappa shape index (κ3) is 1.76. The van der Waals surface area contributed by atoms with Gasteiger partial charge < -0.3 is 5.11 Å². The lowest BCUT2D eigenvalue weighted by atomic mass is 9.45. The van der Waals surface area contributed by atoms with Gasteiger partial charge in [-0.1, -0.05) is 26.7 Å². The van der Waals surface area contributed by atoms with Gasteiger partial charge in [0.15, 0.2) is 5.78 Å². The van der Waals surface area contributed by atoms with Crippen molar-refractivity contribution in [3.8, 4) is 0 Å². The number of rotatable bonds is 0. The van der Waals surface area contributed by atoms with Crippen LogP contribution in [-0.2, 0) is 4.79 Å². The van der Waals surface area contributed by atoms with E-state index in [-0.39, 0.29) is 11.2 Å². The summed E-state index contributed by atoms with van der Waals surface area (Å²) >= 11 is 0. The fraction of sp³-hybridized carbons (Fsp3) is 0.850. The molecule has 122 valence electrons. The summed E-state index contributed by atoms with van der Waals surface area (Å²) < 4.78 is 0. The molecule has 0 aliphatic heterocycles. The van der Waals surface area contributed by atoms with Gasteiger partial charge >= 0.3 is 0 Å². The summed E-state index contributed by atoms with van der Waals surface area (Å²) in [5, 5.41) is 9.45. The van der Waals surface area contributed by atoms with Gasteiger partial charge in [0.05, 0.1) is 6.26 Å². The zero-order valence-electron chi connectivity index (χ0n) is 14.1. The first-order chi connectivity index (χ1) is 10.5. The Morgan fingerprint density at radius 2 is 1.86 bits per heavy atom. The molecule has 4 rings (SSSR count). The van der Waals surface area contributed by atoms with Crippen LogP contribution in [0.4, 0.5) is 0 Å². The molecule has 22 heavy (non-hydrogen) atoms. The number of aliphatic hydroxyl groups is 1. The highest BCUT2D eigenvalue weighted by atomic mass is 16.2. The van der Waals surface area contributed by atoms with Gasteiger partial charge in [-0.05, 0) is 74.0 Å². The molecule has 4 saturated carbocycles. The van der Waals surface area contributed by atoms with Crippen LogP contribution in [0.25, 0.3) is 0 Å². The predicted octanol–water partition coefficient (Wildman–Crippen LogP) is 5.04. The maximum atomic E-state index is 12.7. The highest BCUT2D eigenvalue weighted by Gasteiger charge is 2.60. The molecule has 4 aliphatic rings. The molecule has 0 saturated heterocycles. The van der Waals surface area contributed by atoms with Crippen molar-refractivity contribution in [1.82, 2.24) is 0 Å². The standard InChI is InChI=1S/C20H30O2/c1-19-9-4-3-5-14(19)6-7-15-16(19)8-10-20(2)17(15)11-13(12-21)18(20)22/h12,14-17,21H,3-11H2,1-2H3. The Hall–Kier alpha value is -0.790. The van der Waals surface area contributed by atoms with Crippen LogP contribution in [0, 0.1) is 34.5 Å². The molecular formula is C20H30O2. The Bertz CT molecular complexity index is 522. The minimum absolute atomic E-state index is 0.187. The minimum Gasteiger partial charge on any atom is -0.515 e. The molecule has 4 aliphatic carbocycles. The molecule has 6 atom stereocenters. The lowest BCUT2D eigenvalue weighted by Crippen LogP contribution is -2.52. The number of carbonyl (C=O) groups is 1. The molecule has 6 unspecified atom stereocenters. The van der Waals surface area contributed by atoms with E-state index >= 15 is 0 Å². The van der Waals surface area contributed by atoms with Crippen molar-refractivity contribution in [3.05, 3.63) is 11.8 Å². The number of ketones is 1. The molecule has 0 aromatic rings. The van der Waals surface area contributed by atoms with Crippen molar-refractivity contribution >= 4 is 5.78 Å². The Kier molecular flexibility index (Phi) is 3.26. The molecule has 0 amide bonds. The lowest BCUT2D eigenvalue weighted by Gasteiger charge is -2.59. The van der Waals surface area contributed by atoms with E-state index in [0.29, 0.717) is 22.8 Å². The maximum Gasteiger partial charge on any atom is 0.168 e. The minimum atomic E-state index is -0.187. The molecule has 0 radical (unpaired) electrons. The molecule has 0 aromatic carbocycles. The van der Waals surface area contributed by atoms with Crippen LogP contribution in [0.1, 0.15) is 71.6 Å². The van der Waals surface area contributed by atoms with Crippen LogP contribution in [-0.4, -0.2) is 10.9 Å². The molecule has 1 N–H and O–H groups in total. The van der Waals surface area contributed by atoms with E-state index in [0.717, 1.165) is 30.9 Å². The van der Waals surface area contributed by atoms with E-state index in [1.165, 1.54) is 44.9 Å². The lowest BCUT2D eigenvalue weighted by molar-refractivity contribution is -0.137. The van der Waals surface area contributed by atoms with Crippen LogP contribution < -0.4 is 0 Å². The van der Waals surface area contributed by atoms with Gasteiger partial charge in [-0.2, -0.15) is 0 Å². The van der Waals surface area contributed by atoms with Gasteiger partial charge in [0.2, 0.25) is 0 Å². The zero-order chi connectivity index (χ0) is 15.5. The number of allylic oxidation sites excluding steroid dienone is 1. The summed E-state index contributed by atoms with van der Waals surface area (Å²) in [6, 6.07) is 0. The second-order valence-electron chi connectivity index (χ2n) is 9.05. The van der Waals surface area contributed by atoms with E-state index < -0.39 is 0 Å². The van der Waals surface area contributed by atoms with E-state index in [2.05, 4.69) is 13.8 Å². The normalized spacial score (nSPS) is 53.0. The highest BCUT2D eigenvalue weighted by Crippen LogP contribution is 2.65. The van der Waals surface area contributed by atoms with Crippen LogP contribution in [0.2, 0.25) is 0 Å². The smallest absolute Gasteiger partial charge is 0.168 e. The third-order valence-corrected chi connectivity index (χ3v) is 8.38.